The van der Waals surface area contributed by atoms with E-state index in [0.717, 1.165) is 12.0 Å². The zero-order valence-corrected chi connectivity index (χ0v) is 10.1. The predicted molar refractivity (Wildman–Crippen MR) is 61.2 cm³/mol. The molecule has 1 saturated carbocycles. The third-order valence-electron chi connectivity index (χ3n) is 2.95. The summed E-state index contributed by atoms with van der Waals surface area (Å²) in [7, 11) is 1.42. The van der Waals surface area contributed by atoms with Crippen molar-refractivity contribution >= 4 is 11.6 Å². The van der Waals surface area contributed by atoms with Crippen molar-refractivity contribution in [1.82, 2.24) is 0 Å². The average molecular weight is 263 g/mol. The molecular weight excluding hydrogens is 250 g/mol. The van der Waals surface area contributed by atoms with E-state index in [9.17, 15) is 8.78 Å². The molecule has 0 saturated heterocycles. The van der Waals surface area contributed by atoms with Gasteiger partial charge in [-0.15, -0.1) is 11.6 Å². The summed E-state index contributed by atoms with van der Waals surface area (Å²) in [5.41, 5.74) is 0.979. The van der Waals surface area contributed by atoms with Gasteiger partial charge in [0.1, 0.15) is 0 Å². The van der Waals surface area contributed by atoms with Gasteiger partial charge < -0.3 is 9.47 Å². The van der Waals surface area contributed by atoms with Crippen LogP contribution in [0.2, 0.25) is 0 Å². The van der Waals surface area contributed by atoms with Crippen LogP contribution in [0.3, 0.4) is 0 Å². The molecule has 17 heavy (non-hydrogen) atoms. The van der Waals surface area contributed by atoms with Gasteiger partial charge in [-0.25, -0.2) is 0 Å². The third kappa shape index (κ3) is 2.80. The van der Waals surface area contributed by atoms with E-state index >= 15 is 0 Å². The van der Waals surface area contributed by atoms with Crippen LogP contribution < -0.4 is 9.47 Å². The number of hydrogen-bond donors (Lipinski definition) is 0. The zero-order valence-electron chi connectivity index (χ0n) is 9.33. The van der Waals surface area contributed by atoms with Crippen molar-refractivity contribution in [2.75, 3.05) is 13.0 Å². The van der Waals surface area contributed by atoms with Crippen molar-refractivity contribution in [3.8, 4) is 11.5 Å². The Labute approximate surface area is 103 Å². The van der Waals surface area contributed by atoms with Gasteiger partial charge in [-0.1, -0.05) is 6.07 Å². The molecule has 2 rings (SSSR count). The minimum Gasteiger partial charge on any atom is -0.493 e. The summed E-state index contributed by atoms with van der Waals surface area (Å²) in [5, 5.41) is 0. The Bertz CT molecular complexity index is 398. The van der Waals surface area contributed by atoms with Crippen LogP contribution in [0.1, 0.15) is 17.9 Å². The smallest absolute Gasteiger partial charge is 0.387 e. The Kier molecular flexibility index (Phi) is 3.72. The van der Waals surface area contributed by atoms with Crippen LogP contribution in [0.15, 0.2) is 18.2 Å². The van der Waals surface area contributed by atoms with E-state index in [1.54, 1.807) is 12.1 Å². The van der Waals surface area contributed by atoms with Crippen LogP contribution in [0.5, 0.6) is 11.5 Å². The van der Waals surface area contributed by atoms with E-state index in [0.29, 0.717) is 23.5 Å². The molecule has 0 spiro atoms. The fourth-order valence-electron chi connectivity index (χ4n) is 1.94. The van der Waals surface area contributed by atoms with E-state index in [2.05, 4.69) is 4.74 Å². The van der Waals surface area contributed by atoms with E-state index in [4.69, 9.17) is 16.3 Å². The summed E-state index contributed by atoms with van der Waals surface area (Å²) in [6.45, 7) is -2.85. The first-order valence-electron chi connectivity index (χ1n) is 5.34. The number of alkyl halides is 3. The summed E-state index contributed by atoms with van der Waals surface area (Å²) in [4.78, 5) is 0. The van der Waals surface area contributed by atoms with Gasteiger partial charge in [0, 0.05) is 5.88 Å². The van der Waals surface area contributed by atoms with Crippen molar-refractivity contribution < 1.29 is 18.3 Å². The number of rotatable bonds is 5. The molecule has 0 aliphatic heterocycles. The Morgan fingerprint density at radius 1 is 1.41 bits per heavy atom. The first-order valence-corrected chi connectivity index (χ1v) is 5.88. The largest absolute Gasteiger partial charge is 0.493 e. The molecule has 1 aromatic carbocycles. The maximum absolute atomic E-state index is 12.2. The van der Waals surface area contributed by atoms with Gasteiger partial charge in [-0.2, -0.15) is 8.78 Å². The minimum atomic E-state index is -2.85. The molecule has 5 heteroatoms. The van der Waals surface area contributed by atoms with Crippen molar-refractivity contribution in [3.05, 3.63) is 23.8 Å². The topological polar surface area (TPSA) is 18.5 Å². The second-order valence-electron chi connectivity index (χ2n) is 4.05. The molecule has 0 aromatic heterocycles. The number of hydrogen-bond acceptors (Lipinski definition) is 2. The van der Waals surface area contributed by atoms with E-state index in [1.807, 2.05) is 6.07 Å². The summed E-state index contributed by atoms with van der Waals surface area (Å²) < 4.78 is 33.9. The second-order valence-corrected chi connectivity index (χ2v) is 4.35. The summed E-state index contributed by atoms with van der Waals surface area (Å²) in [5.74, 6) is 1.81. The van der Waals surface area contributed by atoms with Crippen LogP contribution in [-0.2, 0) is 0 Å². The van der Waals surface area contributed by atoms with Crippen molar-refractivity contribution in [2.45, 2.75) is 19.0 Å². The van der Waals surface area contributed by atoms with Gasteiger partial charge in [0.15, 0.2) is 11.5 Å². The highest BCUT2D eigenvalue weighted by molar-refractivity contribution is 6.18. The SMILES string of the molecule is COc1ccc(C2CC2CCl)cc1OC(F)F. The molecule has 1 aliphatic carbocycles. The maximum atomic E-state index is 12.2. The third-order valence-corrected chi connectivity index (χ3v) is 3.35. The number of halogens is 3. The van der Waals surface area contributed by atoms with Crippen LogP contribution in [0.4, 0.5) is 8.78 Å². The lowest BCUT2D eigenvalue weighted by Crippen LogP contribution is -2.04. The van der Waals surface area contributed by atoms with Gasteiger partial charge in [-0.05, 0) is 36.0 Å². The van der Waals surface area contributed by atoms with Gasteiger partial charge in [0.2, 0.25) is 0 Å². The summed E-state index contributed by atoms with van der Waals surface area (Å²) >= 11 is 5.75. The Balaban J connectivity index is 2.19. The Morgan fingerprint density at radius 3 is 2.71 bits per heavy atom. The van der Waals surface area contributed by atoms with Gasteiger partial charge >= 0.3 is 6.61 Å². The molecule has 94 valence electrons. The van der Waals surface area contributed by atoms with Crippen LogP contribution in [0.25, 0.3) is 0 Å². The highest BCUT2D eigenvalue weighted by Gasteiger charge is 2.37. The van der Waals surface area contributed by atoms with E-state index in [-0.39, 0.29) is 5.75 Å². The normalized spacial score (nSPS) is 22.6. The first kappa shape index (κ1) is 12.4. The molecule has 2 atom stereocenters. The van der Waals surface area contributed by atoms with Crippen molar-refractivity contribution in [1.29, 1.82) is 0 Å². The Morgan fingerprint density at radius 2 is 2.18 bits per heavy atom. The summed E-state index contributed by atoms with van der Waals surface area (Å²) in [6, 6.07) is 5.13. The zero-order chi connectivity index (χ0) is 12.4. The number of benzene rings is 1. The monoisotopic (exact) mass is 262 g/mol. The molecular formula is C12H13ClF2O2. The molecule has 1 fully saturated rings. The van der Waals surface area contributed by atoms with Crippen molar-refractivity contribution in [3.63, 3.8) is 0 Å². The van der Waals surface area contributed by atoms with E-state index < -0.39 is 6.61 Å². The lowest BCUT2D eigenvalue weighted by atomic mass is 10.1. The van der Waals surface area contributed by atoms with Crippen LogP contribution in [0, 0.1) is 5.92 Å². The molecule has 2 unspecified atom stereocenters. The molecule has 1 aliphatic rings. The Hall–Kier alpha value is -1.03. The van der Waals surface area contributed by atoms with Crippen molar-refractivity contribution in [2.24, 2.45) is 5.92 Å². The average Bonchev–Trinajstić information content (AvgIpc) is 3.07. The van der Waals surface area contributed by atoms with Gasteiger partial charge in [-0.3, -0.25) is 0 Å². The van der Waals surface area contributed by atoms with Crippen LogP contribution in [-0.4, -0.2) is 19.6 Å². The maximum Gasteiger partial charge on any atom is 0.387 e. The van der Waals surface area contributed by atoms with E-state index in [1.165, 1.54) is 7.11 Å². The molecule has 0 heterocycles. The van der Waals surface area contributed by atoms with Gasteiger partial charge in [0.25, 0.3) is 0 Å². The highest BCUT2D eigenvalue weighted by Crippen LogP contribution is 2.49. The first-order chi connectivity index (χ1) is 8.15. The molecule has 1 aromatic rings. The molecule has 2 nitrogen and oxygen atoms in total. The highest BCUT2D eigenvalue weighted by atomic mass is 35.5. The molecule has 0 radical (unpaired) electrons. The quantitative estimate of drug-likeness (QED) is 0.755. The fraction of sp³-hybridized carbons (Fsp3) is 0.500. The fourth-order valence-corrected chi connectivity index (χ4v) is 2.28. The standard InChI is InChI=1S/C12H13ClF2O2/c1-16-10-3-2-7(9-4-8(9)6-13)5-11(10)17-12(14)15/h2-3,5,8-9,12H,4,6H2,1H3. The summed E-state index contributed by atoms with van der Waals surface area (Å²) in [6.07, 6.45) is 1.00. The lowest BCUT2D eigenvalue weighted by Gasteiger charge is -2.11. The second kappa shape index (κ2) is 5.08. The van der Waals surface area contributed by atoms with Crippen LogP contribution >= 0.6 is 11.6 Å². The number of ether oxygens (including phenoxy) is 2. The lowest BCUT2D eigenvalue weighted by molar-refractivity contribution is -0.0512. The minimum absolute atomic E-state index is 0.0835. The molecule has 0 bridgehead atoms. The number of methoxy groups -OCH3 is 1. The molecule has 0 amide bonds. The predicted octanol–water partition coefficient (Wildman–Crippen LogP) is 3.64. The van der Waals surface area contributed by atoms with Gasteiger partial charge in [0.05, 0.1) is 7.11 Å². The molecule has 0 N–H and O–H groups in total.